The van der Waals surface area contributed by atoms with Crippen LogP contribution in [0.3, 0.4) is 0 Å². The zero-order valence-corrected chi connectivity index (χ0v) is 19.5. The molecule has 1 aromatic heterocycles. The molecule has 1 aliphatic rings. The Labute approximate surface area is 199 Å². The van der Waals surface area contributed by atoms with Crippen LogP contribution in [0.15, 0.2) is 88.4 Å². The van der Waals surface area contributed by atoms with Crippen LogP contribution in [0.5, 0.6) is 0 Å². The van der Waals surface area contributed by atoms with Gasteiger partial charge in [-0.25, -0.2) is 4.98 Å². The lowest BCUT2D eigenvalue weighted by atomic mass is 10.1. The predicted molar refractivity (Wildman–Crippen MR) is 136 cm³/mol. The summed E-state index contributed by atoms with van der Waals surface area (Å²) in [7, 11) is 0. The van der Waals surface area contributed by atoms with E-state index in [1.54, 1.807) is 11.8 Å². The molecule has 1 amide bonds. The molecule has 7 heteroatoms. The van der Waals surface area contributed by atoms with Gasteiger partial charge in [-0.15, -0.1) is 11.8 Å². The number of para-hydroxylation sites is 1. The van der Waals surface area contributed by atoms with E-state index in [9.17, 15) is 4.79 Å². The fourth-order valence-electron chi connectivity index (χ4n) is 3.30. The predicted octanol–water partition coefficient (Wildman–Crippen LogP) is 6.84. The first-order chi connectivity index (χ1) is 15.6. The minimum atomic E-state index is -0.156. The first kappa shape index (κ1) is 20.9. The summed E-state index contributed by atoms with van der Waals surface area (Å²) in [6, 6.07) is 23.6. The Kier molecular flexibility index (Phi) is 5.83. The second-order valence-electron chi connectivity index (χ2n) is 7.34. The standard InChI is InChI=1S/C25H18ClN3OS2/c1-16-6-8-17(9-7-16)14-20-22(15-31-19-12-10-18(26)11-13-19)28-29(24(20)30)25-27-21-4-2-3-5-23(21)32-25/h2-14H,15H2,1H3/b20-14-. The van der Waals surface area contributed by atoms with E-state index >= 15 is 0 Å². The molecule has 4 aromatic rings. The van der Waals surface area contributed by atoms with E-state index in [0.29, 0.717) is 21.5 Å². The molecule has 158 valence electrons. The molecule has 0 fully saturated rings. The third-order valence-corrected chi connectivity index (χ3v) is 7.28. The van der Waals surface area contributed by atoms with Crippen LogP contribution < -0.4 is 5.01 Å². The molecule has 0 N–H and O–H groups in total. The highest BCUT2D eigenvalue weighted by Gasteiger charge is 2.33. The van der Waals surface area contributed by atoms with Gasteiger partial charge in [-0.05, 0) is 55.0 Å². The summed E-state index contributed by atoms with van der Waals surface area (Å²) in [5.41, 5.74) is 4.33. The van der Waals surface area contributed by atoms with Crippen LogP contribution in [0.1, 0.15) is 11.1 Å². The number of carbonyl (C=O) groups is 1. The molecule has 2 heterocycles. The molecule has 32 heavy (non-hydrogen) atoms. The third kappa shape index (κ3) is 4.35. The molecule has 0 unspecified atom stereocenters. The average Bonchev–Trinajstić information content (AvgIpc) is 3.36. The summed E-state index contributed by atoms with van der Waals surface area (Å²) >= 11 is 9.09. The van der Waals surface area contributed by atoms with Gasteiger partial charge in [-0.2, -0.15) is 10.1 Å². The lowest BCUT2D eigenvalue weighted by molar-refractivity contribution is -0.114. The number of benzene rings is 3. The second-order valence-corrected chi connectivity index (χ2v) is 9.83. The van der Waals surface area contributed by atoms with Gasteiger partial charge in [0.15, 0.2) is 0 Å². The van der Waals surface area contributed by atoms with Crippen molar-refractivity contribution in [2.45, 2.75) is 11.8 Å². The van der Waals surface area contributed by atoms with Gasteiger partial charge in [0, 0.05) is 15.7 Å². The highest BCUT2D eigenvalue weighted by atomic mass is 35.5. The van der Waals surface area contributed by atoms with Gasteiger partial charge in [0.25, 0.3) is 5.91 Å². The van der Waals surface area contributed by atoms with Crippen molar-refractivity contribution in [1.29, 1.82) is 0 Å². The largest absolute Gasteiger partial charge is 0.282 e. The van der Waals surface area contributed by atoms with Crippen molar-refractivity contribution in [1.82, 2.24) is 4.98 Å². The van der Waals surface area contributed by atoms with Crippen molar-refractivity contribution in [3.05, 3.63) is 94.5 Å². The molecule has 0 radical (unpaired) electrons. The van der Waals surface area contributed by atoms with Crippen LogP contribution >= 0.6 is 34.7 Å². The van der Waals surface area contributed by atoms with Crippen molar-refractivity contribution in [3.63, 3.8) is 0 Å². The summed E-state index contributed by atoms with van der Waals surface area (Å²) in [5.74, 6) is 0.406. The first-order valence-electron chi connectivity index (χ1n) is 10.0. The number of anilines is 1. The SMILES string of the molecule is Cc1ccc(/C=C2\C(=O)N(c3nc4ccccc4s3)N=C2CSc2ccc(Cl)cc2)cc1. The van der Waals surface area contributed by atoms with Crippen LogP contribution in [-0.2, 0) is 4.79 Å². The van der Waals surface area contributed by atoms with Crippen LogP contribution in [0.4, 0.5) is 5.13 Å². The number of rotatable bonds is 5. The number of hydrazone groups is 1. The van der Waals surface area contributed by atoms with Gasteiger partial charge in [0.05, 0.1) is 21.5 Å². The van der Waals surface area contributed by atoms with E-state index in [1.165, 1.54) is 21.9 Å². The summed E-state index contributed by atoms with van der Waals surface area (Å²) < 4.78 is 1.03. The molecule has 0 spiro atoms. The Hall–Kier alpha value is -2.93. The fourth-order valence-corrected chi connectivity index (χ4v) is 5.19. The number of hydrogen-bond acceptors (Lipinski definition) is 5. The number of fused-ring (bicyclic) bond motifs is 1. The monoisotopic (exact) mass is 475 g/mol. The van der Waals surface area contributed by atoms with Crippen molar-refractivity contribution >= 4 is 67.7 Å². The summed E-state index contributed by atoms with van der Waals surface area (Å²) in [4.78, 5) is 19.1. The van der Waals surface area contributed by atoms with E-state index in [4.69, 9.17) is 16.7 Å². The van der Waals surface area contributed by atoms with Gasteiger partial charge >= 0.3 is 0 Å². The highest BCUT2D eigenvalue weighted by Crippen LogP contribution is 2.33. The molecule has 0 atom stereocenters. The Bertz CT molecular complexity index is 1330. The van der Waals surface area contributed by atoms with Crippen LogP contribution in [0.25, 0.3) is 16.3 Å². The maximum absolute atomic E-state index is 13.4. The maximum Gasteiger partial charge on any atom is 0.282 e. The van der Waals surface area contributed by atoms with Crippen LogP contribution in [0, 0.1) is 6.92 Å². The van der Waals surface area contributed by atoms with Crippen molar-refractivity contribution in [3.8, 4) is 0 Å². The van der Waals surface area contributed by atoms with Gasteiger partial charge in [-0.3, -0.25) is 4.79 Å². The number of nitrogens with zero attached hydrogens (tertiary/aromatic N) is 3. The minimum absolute atomic E-state index is 0.156. The van der Waals surface area contributed by atoms with E-state index in [0.717, 1.165) is 26.4 Å². The minimum Gasteiger partial charge on any atom is -0.267 e. The molecule has 0 saturated carbocycles. The number of thiazole rings is 1. The fraction of sp³-hybridized carbons (Fsp3) is 0.0800. The molecule has 0 bridgehead atoms. The van der Waals surface area contributed by atoms with Gasteiger partial charge in [0.2, 0.25) is 5.13 Å². The maximum atomic E-state index is 13.4. The number of hydrogen-bond donors (Lipinski definition) is 0. The number of aryl methyl sites for hydroxylation is 1. The molecule has 0 aliphatic carbocycles. The molecule has 3 aromatic carbocycles. The van der Waals surface area contributed by atoms with E-state index in [2.05, 4.69) is 4.98 Å². The smallest absolute Gasteiger partial charge is 0.267 e. The molecule has 0 saturated heterocycles. The molecular weight excluding hydrogens is 458 g/mol. The topological polar surface area (TPSA) is 45.6 Å². The van der Waals surface area contributed by atoms with Crippen molar-refractivity contribution in [2.24, 2.45) is 5.10 Å². The highest BCUT2D eigenvalue weighted by molar-refractivity contribution is 8.00. The van der Waals surface area contributed by atoms with Crippen molar-refractivity contribution in [2.75, 3.05) is 10.8 Å². The van der Waals surface area contributed by atoms with E-state index < -0.39 is 0 Å². The molecule has 4 nitrogen and oxygen atoms in total. The van der Waals surface area contributed by atoms with E-state index in [1.807, 2.05) is 85.8 Å². The molecule has 5 rings (SSSR count). The summed E-state index contributed by atoms with van der Waals surface area (Å²) in [6.45, 7) is 2.04. The Morgan fingerprint density at radius 2 is 1.78 bits per heavy atom. The summed E-state index contributed by atoms with van der Waals surface area (Å²) in [6.07, 6.45) is 1.91. The number of halogens is 1. The van der Waals surface area contributed by atoms with E-state index in [-0.39, 0.29) is 5.91 Å². The number of thioether (sulfide) groups is 1. The van der Waals surface area contributed by atoms with Gasteiger partial charge < -0.3 is 0 Å². The summed E-state index contributed by atoms with van der Waals surface area (Å²) in [5, 5.41) is 7.41. The number of aromatic nitrogens is 1. The molecule has 1 aliphatic heterocycles. The van der Waals surface area contributed by atoms with Crippen LogP contribution in [0.2, 0.25) is 5.02 Å². The lowest BCUT2D eigenvalue weighted by Crippen LogP contribution is -2.21. The number of amides is 1. The second kappa shape index (κ2) is 8.90. The average molecular weight is 476 g/mol. The zero-order chi connectivity index (χ0) is 22.1. The first-order valence-corrected chi connectivity index (χ1v) is 12.2. The van der Waals surface area contributed by atoms with Gasteiger partial charge in [-0.1, -0.05) is 64.9 Å². The third-order valence-electron chi connectivity index (χ3n) is 5.00. The van der Waals surface area contributed by atoms with Crippen LogP contribution in [-0.4, -0.2) is 22.4 Å². The lowest BCUT2D eigenvalue weighted by Gasteiger charge is -2.06. The Balaban J connectivity index is 1.49. The van der Waals surface area contributed by atoms with Crippen molar-refractivity contribution < 1.29 is 4.79 Å². The zero-order valence-electron chi connectivity index (χ0n) is 17.2. The normalized spacial score (nSPS) is 15.1. The van der Waals surface area contributed by atoms with Gasteiger partial charge in [0.1, 0.15) is 0 Å². The Morgan fingerprint density at radius 1 is 1.03 bits per heavy atom. The quantitative estimate of drug-likeness (QED) is 0.234. The Morgan fingerprint density at radius 3 is 2.53 bits per heavy atom. The molecular formula is C25H18ClN3OS2. The number of carbonyl (C=O) groups excluding carboxylic acids is 1.